The van der Waals surface area contributed by atoms with E-state index in [1.807, 2.05) is 61.5 Å². The van der Waals surface area contributed by atoms with Gasteiger partial charge in [0.05, 0.1) is 16.8 Å². The third-order valence-electron chi connectivity index (χ3n) is 5.97. The summed E-state index contributed by atoms with van der Waals surface area (Å²) in [5.41, 5.74) is 11.3. The second-order valence-electron chi connectivity index (χ2n) is 8.90. The molecular formula is C29H26N6OS. The number of benzene rings is 2. The fourth-order valence-electron chi connectivity index (χ4n) is 4.09. The summed E-state index contributed by atoms with van der Waals surface area (Å²) < 4.78 is 0. The Morgan fingerprint density at radius 3 is 2.43 bits per heavy atom. The number of hydrogen-bond donors (Lipinski definition) is 2. The standard InChI is InChI=1S/C29H26N6OS/c1-17(2)19-8-10-20(11-9-19)27-22(15-30)28(32)35-29(23(27)16-31)37-13-12-26(36)34-25-14-18(3)33-24-7-5-4-6-21(24)25/h4-11,14,17H,12-13H2,1-3H3,(H2,32,35)(H,33,34,36). The molecule has 8 heteroatoms. The second-order valence-corrected chi connectivity index (χ2v) is 9.99. The molecule has 0 radical (unpaired) electrons. The summed E-state index contributed by atoms with van der Waals surface area (Å²) in [6.45, 7) is 6.09. The minimum absolute atomic E-state index is 0.0649. The van der Waals surface area contributed by atoms with Crippen molar-refractivity contribution in [2.45, 2.75) is 38.1 Å². The number of amides is 1. The Morgan fingerprint density at radius 1 is 1.05 bits per heavy atom. The number of carbonyl (C=O) groups excluding carboxylic acids is 1. The zero-order chi connectivity index (χ0) is 26.5. The van der Waals surface area contributed by atoms with Gasteiger partial charge in [-0.1, -0.05) is 56.3 Å². The number of nitrogen functional groups attached to an aromatic ring is 1. The highest BCUT2D eigenvalue weighted by Crippen LogP contribution is 2.36. The number of hydrogen-bond acceptors (Lipinski definition) is 7. The van der Waals surface area contributed by atoms with E-state index in [9.17, 15) is 15.3 Å². The van der Waals surface area contributed by atoms with E-state index < -0.39 is 0 Å². The van der Waals surface area contributed by atoms with Gasteiger partial charge in [-0.25, -0.2) is 4.98 Å². The van der Waals surface area contributed by atoms with Crippen molar-refractivity contribution in [3.63, 3.8) is 0 Å². The van der Waals surface area contributed by atoms with E-state index in [0.29, 0.717) is 27.9 Å². The zero-order valence-electron chi connectivity index (χ0n) is 20.9. The lowest BCUT2D eigenvalue weighted by Gasteiger charge is -2.14. The number of rotatable bonds is 7. The van der Waals surface area contributed by atoms with Crippen LogP contribution in [-0.4, -0.2) is 21.6 Å². The van der Waals surface area contributed by atoms with Crippen LogP contribution in [-0.2, 0) is 4.79 Å². The zero-order valence-corrected chi connectivity index (χ0v) is 21.7. The van der Waals surface area contributed by atoms with Crippen molar-refractivity contribution in [3.8, 4) is 23.3 Å². The maximum Gasteiger partial charge on any atom is 0.225 e. The highest BCUT2D eigenvalue weighted by atomic mass is 32.2. The van der Waals surface area contributed by atoms with E-state index in [-0.39, 0.29) is 29.3 Å². The van der Waals surface area contributed by atoms with Crippen LogP contribution in [0.3, 0.4) is 0 Å². The highest BCUT2D eigenvalue weighted by molar-refractivity contribution is 7.99. The molecule has 0 fully saturated rings. The number of pyridine rings is 2. The molecule has 0 atom stereocenters. The van der Waals surface area contributed by atoms with Crippen LogP contribution >= 0.6 is 11.8 Å². The van der Waals surface area contributed by atoms with Crippen molar-refractivity contribution in [3.05, 3.63) is 77.0 Å². The molecule has 184 valence electrons. The lowest BCUT2D eigenvalue weighted by Crippen LogP contribution is -2.13. The number of aromatic nitrogens is 2. The molecule has 3 N–H and O–H groups in total. The Kier molecular flexibility index (Phi) is 7.71. The lowest BCUT2D eigenvalue weighted by molar-refractivity contribution is -0.115. The van der Waals surface area contributed by atoms with Gasteiger partial charge >= 0.3 is 0 Å². The number of fused-ring (bicyclic) bond motifs is 1. The SMILES string of the molecule is Cc1cc(NC(=O)CCSc2nc(N)c(C#N)c(-c3ccc(C(C)C)cc3)c2C#N)c2ccccc2n1. The molecule has 2 heterocycles. The first-order valence-electron chi connectivity index (χ1n) is 11.9. The number of anilines is 2. The van der Waals surface area contributed by atoms with Gasteiger partial charge in [-0.3, -0.25) is 9.78 Å². The van der Waals surface area contributed by atoms with E-state index in [1.165, 1.54) is 11.8 Å². The smallest absolute Gasteiger partial charge is 0.225 e. The first-order chi connectivity index (χ1) is 17.8. The molecule has 0 aliphatic rings. The number of carbonyl (C=O) groups is 1. The number of nitrogens with two attached hydrogens (primary N) is 1. The predicted molar refractivity (Wildman–Crippen MR) is 148 cm³/mol. The molecular weight excluding hydrogens is 480 g/mol. The van der Waals surface area contributed by atoms with Crippen molar-refractivity contribution in [2.24, 2.45) is 0 Å². The second kappa shape index (κ2) is 11.1. The first-order valence-corrected chi connectivity index (χ1v) is 12.8. The fourth-order valence-corrected chi connectivity index (χ4v) is 5.03. The van der Waals surface area contributed by atoms with Crippen LogP contribution in [0.15, 0.2) is 59.6 Å². The van der Waals surface area contributed by atoms with Gasteiger partial charge in [0, 0.05) is 28.8 Å². The molecule has 2 aromatic carbocycles. The number of nitrogens with zero attached hydrogens (tertiary/aromatic N) is 4. The average molecular weight is 507 g/mol. The maximum atomic E-state index is 12.8. The van der Waals surface area contributed by atoms with E-state index in [2.05, 4.69) is 41.3 Å². The van der Waals surface area contributed by atoms with Crippen molar-refractivity contribution >= 4 is 40.1 Å². The minimum atomic E-state index is -0.159. The Bertz CT molecular complexity index is 1570. The predicted octanol–water partition coefficient (Wildman–Crippen LogP) is 6.18. The lowest BCUT2D eigenvalue weighted by atomic mass is 9.94. The summed E-state index contributed by atoms with van der Waals surface area (Å²) >= 11 is 1.27. The summed E-state index contributed by atoms with van der Waals surface area (Å²) in [6.07, 6.45) is 0.200. The van der Waals surface area contributed by atoms with Gasteiger partial charge in [0.1, 0.15) is 28.5 Å². The maximum absolute atomic E-state index is 12.8. The van der Waals surface area contributed by atoms with Crippen LogP contribution in [0, 0.1) is 29.6 Å². The van der Waals surface area contributed by atoms with Crippen LogP contribution < -0.4 is 11.1 Å². The molecule has 7 nitrogen and oxygen atoms in total. The molecule has 0 unspecified atom stereocenters. The van der Waals surface area contributed by atoms with Crippen molar-refractivity contribution < 1.29 is 4.79 Å². The van der Waals surface area contributed by atoms with Crippen LogP contribution in [0.4, 0.5) is 11.5 Å². The van der Waals surface area contributed by atoms with E-state index in [4.69, 9.17) is 5.73 Å². The largest absolute Gasteiger partial charge is 0.383 e. The molecule has 1 amide bonds. The topological polar surface area (TPSA) is 128 Å². The molecule has 0 saturated carbocycles. The summed E-state index contributed by atoms with van der Waals surface area (Å²) in [4.78, 5) is 21.6. The van der Waals surface area contributed by atoms with E-state index >= 15 is 0 Å². The number of nitriles is 2. The normalized spacial score (nSPS) is 10.8. The van der Waals surface area contributed by atoms with E-state index in [1.54, 1.807) is 0 Å². The van der Waals surface area contributed by atoms with Crippen LogP contribution in [0.5, 0.6) is 0 Å². The quantitative estimate of drug-likeness (QED) is 0.287. The molecule has 37 heavy (non-hydrogen) atoms. The summed E-state index contributed by atoms with van der Waals surface area (Å²) in [5, 5.41) is 24.0. The van der Waals surface area contributed by atoms with Gasteiger partial charge in [0.15, 0.2) is 0 Å². The van der Waals surface area contributed by atoms with Gasteiger partial charge in [-0.2, -0.15) is 10.5 Å². The third-order valence-corrected chi connectivity index (χ3v) is 6.94. The number of aryl methyl sites for hydroxylation is 1. The fraction of sp³-hybridized carbons (Fsp3) is 0.207. The Balaban J connectivity index is 1.55. The molecule has 2 aromatic heterocycles. The molecule has 0 aliphatic carbocycles. The third kappa shape index (κ3) is 5.55. The highest BCUT2D eigenvalue weighted by Gasteiger charge is 2.21. The molecule has 4 rings (SSSR count). The van der Waals surface area contributed by atoms with Crippen LogP contribution in [0.2, 0.25) is 0 Å². The van der Waals surface area contributed by atoms with Gasteiger partial charge in [-0.05, 0) is 36.1 Å². The minimum Gasteiger partial charge on any atom is -0.383 e. The van der Waals surface area contributed by atoms with Crippen LogP contribution in [0.25, 0.3) is 22.0 Å². The van der Waals surface area contributed by atoms with Crippen molar-refractivity contribution in [1.29, 1.82) is 10.5 Å². The Labute approximate surface area is 220 Å². The number of nitrogens with one attached hydrogen (secondary N) is 1. The van der Waals surface area contributed by atoms with Gasteiger partial charge < -0.3 is 11.1 Å². The van der Waals surface area contributed by atoms with Crippen LogP contribution in [0.1, 0.15) is 48.6 Å². The summed E-state index contributed by atoms with van der Waals surface area (Å²) in [6, 6.07) is 21.6. The molecule has 0 bridgehead atoms. The van der Waals surface area contributed by atoms with Crippen molar-refractivity contribution in [2.75, 3.05) is 16.8 Å². The number of thioether (sulfide) groups is 1. The monoisotopic (exact) mass is 506 g/mol. The van der Waals surface area contributed by atoms with Gasteiger partial charge in [0.2, 0.25) is 5.91 Å². The van der Waals surface area contributed by atoms with Gasteiger partial charge in [0.25, 0.3) is 0 Å². The average Bonchev–Trinajstić information content (AvgIpc) is 2.88. The summed E-state index contributed by atoms with van der Waals surface area (Å²) in [7, 11) is 0. The number of para-hydroxylation sites is 1. The first kappa shape index (κ1) is 25.7. The molecule has 0 spiro atoms. The molecule has 4 aromatic rings. The Morgan fingerprint density at radius 2 is 1.76 bits per heavy atom. The van der Waals surface area contributed by atoms with Crippen molar-refractivity contribution in [1.82, 2.24) is 9.97 Å². The van der Waals surface area contributed by atoms with E-state index in [0.717, 1.165) is 27.7 Å². The summed E-state index contributed by atoms with van der Waals surface area (Å²) in [5.74, 6) is 0.642. The molecule has 0 saturated heterocycles. The molecule has 0 aliphatic heterocycles. The Hall–Kier alpha value is -4.40. The van der Waals surface area contributed by atoms with Gasteiger partial charge in [-0.15, -0.1) is 11.8 Å².